The molecule has 2 aliphatic rings. The first-order valence-electron chi connectivity index (χ1n) is 9.09. The average Bonchev–Trinajstić information content (AvgIpc) is 3.30. The molecule has 9 heteroatoms. The lowest BCUT2D eigenvalue weighted by Crippen LogP contribution is -2.43. The number of nitrogens with zero attached hydrogens (tertiary/aromatic N) is 2. The van der Waals surface area contributed by atoms with Crippen LogP contribution in [0.4, 0.5) is 17.2 Å². The summed E-state index contributed by atoms with van der Waals surface area (Å²) in [6, 6.07) is 6.43. The van der Waals surface area contributed by atoms with E-state index in [4.69, 9.17) is 9.26 Å². The highest BCUT2D eigenvalue weighted by Gasteiger charge is 2.36. The Labute approximate surface area is 161 Å². The van der Waals surface area contributed by atoms with Crippen LogP contribution in [0.5, 0.6) is 0 Å². The molecular formula is C19H20N4O5. The number of carbonyl (C=O) groups is 3. The summed E-state index contributed by atoms with van der Waals surface area (Å²) in [7, 11) is 0. The van der Waals surface area contributed by atoms with Gasteiger partial charge in [-0.15, -0.1) is 0 Å². The zero-order valence-corrected chi connectivity index (χ0v) is 15.5. The maximum absolute atomic E-state index is 12.4. The SMILES string of the molecule is Cc1cc(NC(=O)[C@@H](C)OC(=O)c2ccc3c(c2)NC(=O)[C@H]2CCCN32)no1. The van der Waals surface area contributed by atoms with Crippen LogP contribution >= 0.6 is 0 Å². The molecule has 0 bridgehead atoms. The number of fused-ring (bicyclic) bond motifs is 3. The number of benzene rings is 1. The summed E-state index contributed by atoms with van der Waals surface area (Å²) in [6.45, 7) is 3.98. The maximum atomic E-state index is 12.4. The zero-order chi connectivity index (χ0) is 19.8. The van der Waals surface area contributed by atoms with Gasteiger partial charge in [-0.2, -0.15) is 0 Å². The highest BCUT2D eigenvalue weighted by Crippen LogP contribution is 2.37. The number of amides is 2. The van der Waals surface area contributed by atoms with Crippen LogP contribution in [0.3, 0.4) is 0 Å². The number of aryl methyl sites for hydroxylation is 1. The molecule has 1 aromatic carbocycles. The van der Waals surface area contributed by atoms with Gasteiger partial charge in [0.15, 0.2) is 11.9 Å². The molecule has 2 N–H and O–H groups in total. The summed E-state index contributed by atoms with van der Waals surface area (Å²) in [5.74, 6) is -0.433. The van der Waals surface area contributed by atoms with Gasteiger partial charge in [0.05, 0.1) is 16.9 Å². The van der Waals surface area contributed by atoms with Crippen molar-refractivity contribution in [2.24, 2.45) is 0 Å². The van der Waals surface area contributed by atoms with E-state index in [9.17, 15) is 14.4 Å². The van der Waals surface area contributed by atoms with Crippen LogP contribution in [0.2, 0.25) is 0 Å². The highest BCUT2D eigenvalue weighted by atomic mass is 16.5. The smallest absolute Gasteiger partial charge is 0.338 e. The summed E-state index contributed by atoms with van der Waals surface area (Å²) in [4.78, 5) is 38.9. The molecule has 9 nitrogen and oxygen atoms in total. The van der Waals surface area contributed by atoms with Crippen molar-refractivity contribution < 1.29 is 23.6 Å². The molecule has 3 heterocycles. The van der Waals surface area contributed by atoms with Gasteiger partial charge in [-0.1, -0.05) is 5.16 Å². The molecule has 2 atom stereocenters. The maximum Gasteiger partial charge on any atom is 0.338 e. The van der Waals surface area contributed by atoms with E-state index in [1.165, 1.54) is 6.92 Å². The number of rotatable bonds is 4. The van der Waals surface area contributed by atoms with Gasteiger partial charge in [-0.05, 0) is 44.9 Å². The van der Waals surface area contributed by atoms with Crippen molar-refractivity contribution >= 4 is 35.0 Å². The van der Waals surface area contributed by atoms with Crippen molar-refractivity contribution in [3.63, 3.8) is 0 Å². The highest BCUT2D eigenvalue weighted by molar-refractivity contribution is 6.05. The summed E-state index contributed by atoms with van der Waals surface area (Å²) in [6.07, 6.45) is 0.754. The minimum Gasteiger partial charge on any atom is -0.449 e. The Morgan fingerprint density at radius 1 is 1.39 bits per heavy atom. The summed E-state index contributed by atoms with van der Waals surface area (Å²) < 4.78 is 10.1. The first-order chi connectivity index (χ1) is 13.4. The molecule has 0 radical (unpaired) electrons. The van der Waals surface area contributed by atoms with Crippen molar-refractivity contribution in [2.45, 2.75) is 38.8 Å². The Hall–Kier alpha value is -3.36. The molecule has 1 aromatic heterocycles. The second-order valence-corrected chi connectivity index (χ2v) is 6.93. The Bertz CT molecular complexity index is 954. The Morgan fingerprint density at radius 3 is 2.96 bits per heavy atom. The molecule has 0 spiro atoms. The van der Waals surface area contributed by atoms with Gasteiger partial charge in [0, 0.05) is 12.6 Å². The van der Waals surface area contributed by atoms with E-state index in [0.717, 1.165) is 25.1 Å². The number of anilines is 3. The monoisotopic (exact) mass is 384 g/mol. The molecule has 0 saturated carbocycles. The van der Waals surface area contributed by atoms with E-state index in [2.05, 4.69) is 20.7 Å². The quantitative estimate of drug-likeness (QED) is 0.776. The molecule has 0 aliphatic carbocycles. The van der Waals surface area contributed by atoms with E-state index >= 15 is 0 Å². The van der Waals surface area contributed by atoms with Crippen LogP contribution in [-0.4, -0.2) is 41.6 Å². The molecule has 1 fully saturated rings. The normalized spacial score (nSPS) is 18.7. The predicted octanol–water partition coefficient (Wildman–Crippen LogP) is 2.09. The van der Waals surface area contributed by atoms with E-state index in [1.54, 1.807) is 31.2 Å². The van der Waals surface area contributed by atoms with Crippen LogP contribution in [-0.2, 0) is 14.3 Å². The number of hydrogen-bond acceptors (Lipinski definition) is 7. The Morgan fingerprint density at radius 2 is 2.21 bits per heavy atom. The lowest BCUT2D eigenvalue weighted by molar-refractivity contribution is -0.123. The van der Waals surface area contributed by atoms with E-state index in [0.29, 0.717) is 11.4 Å². The van der Waals surface area contributed by atoms with Gasteiger partial charge in [0.2, 0.25) is 5.91 Å². The van der Waals surface area contributed by atoms with Crippen molar-refractivity contribution in [1.29, 1.82) is 0 Å². The van der Waals surface area contributed by atoms with Crippen LogP contribution in [0.25, 0.3) is 0 Å². The van der Waals surface area contributed by atoms with Crippen LogP contribution in [0, 0.1) is 6.92 Å². The lowest BCUT2D eigenvalue weighted by atomic mass is 10.1. The summed E-state index contributed by atoms with van der Waals surface area (Å²) in [5.41, 5.74) is 1.73. The van der Waals surface area contributed by atoms with Crippen molar-refractivity contribution in [3.05, 3.63) is 35.6 Å². The van der Waals surface area contributed by atoms with E-state index in [1.807, 2.05) is 0 Å². The topological polar surface area (TPSA) is 114 Å². The zero-order valence-electron chi connectivity index (χ0n) is 15.5. The van der Waals surface area contributed by atoms with Gasteiger partial charge >= 0.3 is 5.97 Å². The van der Waals surface area contributed by atoms with Crippen LogP contribution < -0.4 is 15.5 Å². The van der Waals surface area contributed by atoms with Gasteiger partial charge in [-0.3, -0.25) is 9.59 Å². The molecule has 2 amide bonds. The molecular weight excluding hydrogens is 364 g/mol. The Balaban J connectivity index is 1.44. The third-order valence-corrected chi connectivity index (χ3v) is 4.89. The molecule has 2 aliphatic heterocycles. The first kappa shape index (κ1) is 18.0. The number of carbonyl (C=O) groups excluding carboxylic acids is 3. The fourth-order valence-electron chi connectivity index (χ4n) is 3.49. The second-order valence-electron chi connectivity index (χ2n) is 6.93. The van der Waals surface area contributed by atoms with Crippen molar-refractivity contribution in [1.82, 2.24) is 5.16 Å². The standard InChI is InChI=1S/C19H20N4O5/c1-10-8-16(22-28-10)21-17(24)11(2)27-19(26)12-5-6-14-13(9-12)20-18(25)15-4-3-7-23(14)15/h5-6,8-9,11,15H,3-4,7H2,1-2H3,(H,20,25)(H,21,22,24)/t11-,15-/m1/s1. The predicted molar refractivity (Wildman–Crippen MR) is 100 cm³/mol. The number of aromatic nitrogens is 1. The summed E-state index contributed by atoms with van der Waals surface area (Å²) in [5, 5.41) is 9.03. The van der Waals surface area contributed by atoms with Crippen LogP contribution in [0.1, 0.15) is 35.9 Å². The minimum absolute atomic E-state index is 0.0637. The van der Waals surface area contributed by atoms with Gasteiger partial charge in [0.1, 0.15) is 11.8 Å². The number of ether oxygens (including phenoxy) is 1. The molecule has 1 saturated heterocycles. The van der Waals surface area contributed by atoms with Gasteiger partial charge < -0.3 is 24.8 Å². The molecule has 4 rings (SSSR count). The van der Waals surface area contributed by atoms with Crippen LogP contribution in [0.15, 0.2) is 28.8 Å². The third-order valence-electron chi connectivity index (χ3n) is 4.89. The lowest BCUT2D eigenvalue weighted by Gasteiger charge is -2.33. The number of esters is 1. The van der Waals surface area contributed by atoms with E-state index < -0.39 is 18.0 Å². The molecule has 2 aromatic rings. The Kier molecular flexibility index (Phi) is 4.50. The fraction of sp³-hybridized carbons (Fsp3) is 0.368. The summed E-state index contributed by atoms with van der Waals surface area (Å²) >= 11 is 0. The van der Waals surface area contributed by atoms with Crippen molar-refractivity contribution in [3.8, 4) is 0 Å². The molecule has 28 heavy (non-hydrogen) atoms. The number of nitrogens with one attached hydrogen (secondary N) is 2. The largest absolute Gasteiger partial charge is 0.449 e. The van der Waals surface area contributed by atoms with Gasteiger partial charge in [-0.25, -0.2) is 4.79 Å². The minimum atomic E-state index is -1.03. The average molecular weight is 384 g/mol. The van der Waals surface area contributed by atoms with Crippen molar-refractivity contribution in [2.75, 3.05) is 22.1 Å². The number of hydrogen-bond donors (Lipinski definition) is 2. The molecule has 0 unspecified atom stereocenters. The fourth-order valence-corrected chi connectivity index (χ4v) is 3.49. The second kappa shape index (κ2) is 6.99. The van der Waals surface area contributed by atoms with Gasteiger partial charge in [0.25, 0.3) is 5.91 Å². The van der Waals surface area contributed by atoms with E-state index in [-0.39, 0.29) is 23.3 Å². The third kappa shape index (κ3) is 3.30. The molecule has 146 valence electrons. The first-order valence-corrected chi connectivity index (χ1v) is 9.09.